The van der Waals surface area contributed by atoms with E-state index in [2.05, 4.69) is 4.74 Å². The van der Waals surface area contributed by atoms with Crippen molar-refractivity contribution in [2.75, 3.05) is 6.61 Å². The van der Waals surface area contributed by atoms with Gasteiger partial charge in [-0.25, -0.2) is 0 Å². The summed E-state index contributed by atoms with van der Waals surface area (Å²) in [4.78, 5) is 20.7. The molecule has 0 bridgehead atoms. The van der Waals surface area contributed by atoms with Crippen LogP contribution in [0, 0.1) is 0 Å². The smallest absolute Gasteiger partial charge is 0.323 e. The van der Waals surface area contributed by atoms with Crippen molar-refractivity contribution in [3.8, 4) is 0 Å². The molecule has 0 rings (SSSR count). The molecule has 0 aliphatic heterocycles. The highest BCUT2D eigenvalue weighted by molar-refractivity contribution is 5.81. The van der Waals surface area contributed by atoms with E-state index in [9.17, 15) is 9.59 Å². The second-order valence-electron chi connectivity index (χ2n) is 1.96. The first-order chi connectivity index (χ1) is 5.07. The number of aliphatic carboxylic acids is 1. The lowest BCUT2D eigenvalue weighted by molar-refractivity contribution is -0.149. The molecule has 0 saturated carbocycles. The Kier molecular flexibility index (Phi) is 4.21. The number of hydrogen-bond donors (Lipinski definition) is 2. The topological polar surface area (TPSA) is 89.6 Å². The normalized spacial score (nSPS) is 12.2. The Labute approximate surface area is 64.1 Å². The highest BCUT2D eigenvalue weighted by atomic mass is 16.5. The molecule has 0 fully saturated rings. The largest absolute Gasteiger partial charge is 0.481 e. The van der Waals surface area contributed by atoms with Gasteiger partial charge in [-0.2, -0.15) is 0 Å². The molecular weight excluding hydrogens is 150 g/mol. The first-order valence-electron chi connectivity index (χ1n) is 3.22. The van der Waals surface area contributed by atoms with Crippen molar-refractivity contribution in [1.82, 2.24) is 0 Å². The Morgan fingerprint density at radius 3 is 2.55 bits per heavy atom. The van der Waals surface area contributed by atoms with Gasteiger partial charge in [-0.3, -0.25) is 9.59 Å². The molecule has 64 valence electrons. The average Bonchev–Trinajstić information content (AvgIpc) is 1.86. The van der Waals surface area contributed by atoms with Gasteiger partial charge in [0.1, 0.15) is 6.04 Å². The number of carbonyl (C=O) groups is 2. The number of hydrogen-bond acceptors (Lipinski definition) is 4. The predicted octanol–water partition coefficient (Wildman–Crippen LogP) is -0.648. The Bertz CT molecular complexity index is 157. The van der Waals surface area contributed by atoms with Gasteiger partial charge in [0.05, 0.1) is 13.0 Å². The lowest BCUT2D eigenvalue weighted by atomic mass is 10.2. The summed E-state index contributed by atoms with van der Waals surface area (Å²) in [5, 5.41) is 8.21. The van der Waals surface area contributed by atoms with Crippen molar-refractivity contribution in [2.45, 2.75) is 19.4 Å². The molecule has 0 spiro atoms. The number of rotatable bonds is 4. The summed E-state index contributed by atoms with van der Waals surface area (Å²) in [7, 11) is 0. The Morgan fingerprint density at radius 1 is 1.64 bits per heavy atom. The third kappa shape index (κ3) is 4.32. The minimum Gasteiger partial charge on any atom is -0.481 e. The van der Waals surface area contributed by atoms with Crippen LogP contribution in [-0.2, 0) is 14.3 Å². The lowest BCUT2D eigenvalue weighted by Gasteiger charge is -2.06. The van der Waals surface area contributed by atoms with Crippen LogP contribution in [-0.4, -0.2) is 29.7 Å². The second-order valence-corrected chi connectivity index (χ2v) is 1.96. The van der Waals surface area contributed by atoms with Crippen molar-refractivity contribution in [1.29, 1.82) is 0 Å². The first kappa shape index (κ1) is 9.90. The molecule has 0 aromatic carbocycles. The third-order valence-electron chi connectivity index (χ3n) is 0.984. The van der Waals surface area contributed by atoms with Crippen LogP contribution in [0.1, 0.15) is 13.3 Å². The van der Waals surface area contributed by atoms with Crippen molar-refractivity contribution in [2.24, 2.45) is 5.73 Å². The molecule has 0 aliphatic rings. The van der Waals surface area contributed by atoms with E-state index in [0.29, 0.717) is 0 Å². The maximum atomic E-state index is 10.7. The maximum absolute atomic E-state index is 10.7. The molecule has 1 atom stereocenters. The van der Waals surface area contributed by atoms with Crippen LogP contribution >= 0.6 is 0 Å². The Balaban J connectivity index is 3.73. The Morgan fingerprint density at radius 2 is 2.18 bits per heavy atom. The van der Waals surface area contributed by atoms with Crippen molar-refractivity contribution in [3.05, 3.63) is 0 Å². The molecule has 0 aliphatic carbocycles. The van der Waals surface area contributed by atoms with Crippen molar-refractivity contribution in [3.63, 3.8) is 0 Å². The van der Waals surface area contributed by atoms with Crippen LogP contribution in [0.5, 0.6) is 0 Å². The third-order valence-corrected chi connectivity index (χ3v) is 0.984. The van der Waals surface area contributed by atoms with Crippen LogP contribution in [0.15, 0.2) is 0 Å². The van der Waals surface area contributed by atoms with Crippen LogP contribution in [0.2, 0.25) is 0 Å². The van der Waals surface area contributed by atoms with E-state index < -0.39 is 24.4 Å². The van der Waals surface area contributed by atoms with E-state index >= 15 is 0 Å². The van der Waals surface area contributed by atoms with Crippen molar-refractivity contribution >= 4 is 11.9 Å². The van der Waals surface area contributed by atoms with Gasteiger partial charge in [-0.05, 0) is 6.92 Å². The van der Waals surface area contributed by atoms with Crippen LogP contribution in [0.4, 0.5) is 0 Å². The van der Waals surface area contributed by atoms with Gasteiger partial charge in [-0.15, -0.1) is 0 Å². The number of carboxylic acids is 1. The van der Waals surface area contributed by atoms with E-state index in [4.69, 9.17) is 10.8 Å². The fraction of sp³-hybridized carbons (Fsp3) is 0.667. The molecule has 0 aromatic rings. The van der Waals surface area contributed by atoms with Crippen molar-refractivity contribution < 1.29 is 19.4 Å². The minimum atomic E-state index is -1.11. The van der Waals surface area contributed by atoms with Gasteiger partial charge < -0.3 is 15.6 Å². The summed E-state index contributed by atoms with van der Waals surface area (Å²) in [6, 6.07) is -1.05. The molecule has 0 heterocycles. The zero-order valence-corrected chi connectivity index (χ0v) is 6.24. The predicted molar refractivity (Wildman–Crippen MR) is 36.9 cm³/mol. The standard InChI is InChI=1S/C6H11NO4/c1-2-11-6(10)4(7)3-5(8)9/h4H,2-3,7H2,1H3,(H,8,9)/t4-/m1/s1. The van der Waals surface area contributed by atoms with Gasteiger partial charge >= 0.3 is 11.9 Å². The highest BCUT2D eigenvalue weighted by Gasteiger charge is 2.17. The number of nitrogens with two attached hydrogens (primary N) is 1. The van der Waals surface area contributed by atoms with Gasteiger partial charge in [0.2, 0.25) is 0 Å². The fourth-order valence-electron chi connectivity index (χ4n) is 0.521. The quantitative estimate of drug-likeness (QED) is 0.535. The first-order valence-corrected chi connectivity index (χ1v) is 3.22. The molecule has 0 aromatic heterocycles. The van der Waals surface area contributed by atoms with Gasteiger partial charge in [0, 0.05) is 0 Å². The summed E-state index contributed by atoms with van der Waals surface area (Å²) in [6.45, 7) is 1.84. The van der Waals surface area contributed by atoms with Gasteiger partial charge in [0.15, 0.2) is 0 Å². The van der Waals surface area contributed by atoms with Crippen LogP contribution < -0.4 is 5.73 Å². The number of ether oxygens (including phenoxy) is 1. The summed E-state index contributed by atoms with van der Waals surface area (Å²) >= 11 is 0. The van der Waals surface area contributed by atoms with E-state index in [0.717, 1.165) is 0 Å². The van der Waals surface area contributed by atoms with E-state index in [1.165, 1.54) is 0 Å². The van der Waals surface area contributed by atoms with Gasteiger partial charge in [-0.1, -0.05) is 0 Å². The zero-order valence-electron chi connectivity index (χ0n) is 6.24. The number of carboxylic acid groups (broad SMARTS) is 1. The fourth-order valence-corrected chi connectivity index (χ4v) is 0.521. The molecule has 11 heavy (non-hydrogen) atoms. The molecule has 0 saturated heterocycles. The molecule has 0 unspecified atom stereocenters. The highest BCUT2D eigenvalue weighted by Crippen LogP contribution is 1.91. The molecule has 0 radical (unpaired) electrons. The summed E-state index contributed by atoms with van der Waals surface area (Å²) in [5.74, 6) is -1.78. The van der Waals surface area contributed by atoms with E-state index in [-0.39, 0.29) is 6.61 Å². The Hall–Kier alpha value is -1.10. The van der Waals surface area contributed by atoms with Crippen LogP contribution in [0.25, 0.3) is 0 Å². The summed E-state index contributed by atoms with van der Waals surface area (Å²) in [6.07, 6.45) is -0.390. The van der Waals surface area contributed by atoms with Gasteiger partial charge in [0.25, 0.3) is 0 Å². The van der Waals surface area contributed by atoms with E-state index in [1.807, 2.05) is 0 Å². The monoisotopic (exact) mass is 161 g/mol. The second kappa shape index (κ2) is 4.68. The zero-order chi connectivity index (χ0) is 8.85. The molecule has 3 N–H and O–H groups in total. The molecule has 5 nitrogen and oxygen atoms in total. The SMILES string of the molecule is CCOC(=O)[C@H](N)CC(=O)O. The molecular formula is C6H11NO4. The van der Waals surface area contributed by atoms with E-state index in [1.54, 1.807) is 6.92 Å². The van der Waals surface area contributed by atoms with Crippen LogP contribution in [0.3, 0.4) is 0 Å². The average molecular weight is 161 g/mol. The summed E-state index contributed by atoms with van der Waals surface area (Å²) < 4.78 is 4.48. The lowest BCUT2D eigenvalue weighted by Crippen LogP contribution is -2.34. The maximum Gasteiger partial charge on any atom is 0.323 e. The molecule has 0 amide bonds. The molecule has 5 heteroatoms. The number of esters is 1. The summed E-state index contributed by atoms with van der Waals surface area (Å²) in [5.41, 5.74) is 5.15. The minimum absolute atomic E-state index is 0.214. The number of carbonyl (C=O) groups excluding carboxylic acids is 1.